The number of carbonyl (C=O) groups is 2. The Bertz CT molecular complexity index is 565. The van der Waals surface area contributed by atoms with Crippen LogP contribution in [-0.4, -0.2) is 35.9 Å². The number of amides is 2. The van der Waals surface area contributed by atoms with Gasteiger partial charge in [0, 0.05) is 26.4 Å². The lowest BCUT2D eigenvalue weighted by Gasteiger charge is -2.24. The van der Waals surface area contributed by atoms with Gasteiger partial charge in [-0.05, 0) is 44.0 Å². The summed E-state index contributed by atoms with van der Waals surface area (Å²) in [5, 5.41) is 14.4. The van der Waals surface area contributed by atoms with Gasteiger partial charge in [0.15, 0.2) is 5.54 Å². The zero-order chi connectivity index (χ0) is 15.6. The molecule has 1 aliphatic rings. The predicted molar refractivity (Wildman–Crippen MR) is 87.5 cm³/mol. The maximum atomic E-state index is 12.1. The van der Waals surface area contributed by atoms with Crippen LogP contribution in [0.5, 0.6) is 0 Å². The number of benzene rings is 1. The normalized spacial score (nSPS) is 21.1. The summed E-state index contributed by atoms with van der Waals surface area (Å²) < 4.78 is 7.24. The smallest absolute Gasteiger partial charge is 0.332 e. The summed E-state index contributed by atoms with van der Waals surface area (Å²) in [6, 6.07) is 2.93. The highest BCUT2D eigenvalue weighted by Crippen LogP contribution is 2.34. The Morgan fingerprint density at radius 2 is 1.86 bits per heavy atom. The summed E-state index contributed by atoms with van der Waals surface area (Å²) in [7, 11) is 0. The zero-order valence-corrected chi connectivity index (χ0v) is 15.3. The fourth-order valence-electron chi connectivity index (χ4n) is 1.91. The van der Waals surface area contributed by atoms with Crippen LogP contribution < -0.4 is 10.6 Å². The third kappa shape index (κ3) is 3.77. The fraction of sp³-hybridized carbons (Fsp3) is 0.333. The number of carbonyl (C=O) groups excluding carboxylic acids is 1. The van der Waals surface area contributed by atoms with Gasteiger partial charge >= 0.3 is 12.0 Å². The number of aliphatic carboxylic acids is 1. The second-order valence-electron chi connectivity index (χ2n) is 4.51. The number of ether oxygens (including phenoxy) is 1. The maximum Gasteiger partial charge on any atom is 0.332 e. The van der Waals surface area contributed by atoms with Crippen molar-refractivity contribution in [1.29, 1.82) is 0 Å². The number of hydrogen-bond donors (Lipinski definition) is 3. The monoisotopic (exact) mass is 484 g/mol. The van der Waals surface area contributed by atoms with Crippen LogP contribution in [0.15, 0.2) is 25.6 Å². The van der Waals surface area contributed by atoms with Gasteiger partial charge in [-0.15, -0.1) is 0 Å². The first-order chi connectivity index (χ1) is 9.84. The SMILES string of the molecule is O=C(Nc1c(Br)cc(Br)cc1Br)NC1(C(=O)O)CCOC1. The van der Waals surface area contributed by atoms with Crippen molar-refractivity contribution in [3.63, 3.8) is 0 Å². The van der Waals surface area contributed by atoms with Crippen molar-refractivity contribution in [2.45, 2.75) is 12.0 Å². The van der Waals surface area contributed by atoms with E-state index in [9.17, 15) is 14.7 Å². The van der Waals surface area contributed by atoms with Crippen LogP contribution in [0.25, 0.3) is 0 Å². The predicted octanol–water partition coefficient (Wildman–Crippen LogP) is 3.34. The third-order valence-corrected chi connectivity index (χ3v) is 4.74. The minimum absolute atomic E-state index is 0.0432. The van der Waals surface area contributed by atoms with Gasteiger partial charge < -0.3 is 20.5 Å². The van der Waals surface area contributed by atoms with Gasteiger partial charge in [-0.2, -0.15) is 0 Å². The Balaban J connectivity index is 2.14. The number of anilines is 1. The quantitative estimate of drug-likeness (QED) is 0.611. The third-order valence-electron chi connectivity index (χ3n) is 3.03. The molecule has 0 spiro atoms. The van der Waals surface area contributed by atoms with Crippen LogP contribution in [0.1, 0.15) is 6.42 Å². The lowest BCUT2D eigenvalue weighted by atomic mass is 9.99. The van der Waals surface area contributed by atoms with E-state index >= 15 is 0 Å². The van der Waals surface area contributed by atoms with E-state index in [2.05, 4.69) is 58.4 Å². The Morgan fingerprint density at radius 1 is 1.24 bits per heavy atom. The topological polar surface area (TPSA) is 87.7 Å². The number of halogens is 3. The first-order valence-electron chi connectivity index (χ1n) is 5.89. The number of rotatable bonds is 3. The fourth-order valence-corrected chi connectivity index (χ4v) is 4.37. The largest absolute Gasteiger partial charge is 0.479 e. The molecule has 0 bridgehead atoms. The number of urea groups is 1. The minimum atomic E-state index is -1.38. The summed E-state index contributed by atoms with van der Waals surface area (Å²) in [6.45, 7) is 0.261. The molecule has 0 aliphatic carbocycles. The molecule has 21 heavy (non-hydrogen) atoms. The van der Waals surface area contributed by atoms with Gasteiger partial charge in [-0.1, -0.05) is 15.9 Å². The van der Waals surface area contributed by atoms with Crippen molar-refractivity contribution in [2.24, 2.45) is 0 Å². The van der Waals surface area contributed by atoms with E-state index in [1.165, 1.54) is 0 Å². The van der Waals surface area contributed by atoms with Gasteiger partial charge in [-0.3, -0.25) is 0 Å². The highest BCUT2D eigenvalue weighted by atomic mass is 79.9. The highest BCUT2D eigenvalue weighted by Gasteiger charge is 2.44. The van der Waals surface area contributed by atoms with Crippen molar-refractivity contribution in [3.05, 3.63) is 25.6 Å². The summed E-state index contributed by atoms with van der Waals surface area (Å²) >= 11 is 10.0. The Hall–Kier alpha value is -0.640. The molecule has 1 unspecified atom stereocenters. The molecular weight excluding hydrogens is 476 g/mol. The van der Waals surface area contributed by atoms with Crippen LogP contribution in [-0.2, 0) is 9.53 Å². The van der Waals surface area contributed by atoms with E-state index in [-0.39, 0.29) is 13.0 Å². The highest BCUT2D eigenvalue weighted by molar-refractivity contribution is 9.11. The average Bonchev–Trinajstić information content (AvgIpc) is 2.83. The Morgan fingerprint density at radius 3 is 2.33 bits per heavy atom. The number of carboxylic acid groups (broad SMARTS) is 1. The second kappa shape index (κ2) is 6.64. The molecule has 114 valence electrons. The van der Waals surface area contributed by atoms with E-state index < -0.39 is 17.5 Å². The zero-order valence-electron chi connectivity index (χ0n) is 10.6. The van der Waals surface area contributed by atoms with E-state index in [1.807, 2.05) is 0 Å². The van der Waals surface area contributed by atoms with E-state index in [1.54, 1.807) is 12.1 Å². The molecule has 1 fully saturated rings. The van der Waals surface area contributed by atoms with E-state index in [0.29, 0.717) is 21.2 Å². The standard InChI is InChI=1S/C12H11Br3N2O4/c13-6-3-7(14)9(8(15)4-6)16-11(20)17-12(10(18)19)1-2-21-5-12/h3-4H,1-2,5H2,(H,18,19)(H2,16,17,20). The minimum Gasteiger partial charge on any atom is -0.479 e. The molecule has 0 radical (unpaired) electrons. The van der Waals surface area contributed by atoms with Crippen LogP contribution in [0.4, 0.5) is 10.5 Å². The number of nitrogens with one attached hydrogen (secondary N) is 2. The summed E-state index contributed by atoms with van der Waals surface area (Å²) in [5.74, 6) is -1.11. The molecule has 6 nitrogen and oxygen atoms in total. The lowest BCUT2D eigenvalue weighted by molar-refractivity contribution is -0.144. The van der Waals surface area contributed by atoms with Crippen molar-refractivity contribution >= 4 is 65.5 Å². The molecule has 3 N–H and O–H groups in total. The molecule has 1 aliphatic heterocycles. The summed E-state index contributed by atoms with van der Waals surface area (Å²) in [4.78, 5) is 23.4. The van der Waals surface area contributed by atoms with Crippen molar-refractivity contribution in [1.82, 2.24) is 5.32 Å². The van der Waals surface area contributed by atoms with E-state index in [0.717, 1.165) is 4.47 Å². The summed E-state index contributed by atoms with van der Waals surface area (Å²) in [5.41, 5.74) is -0.867. The van der Waals surface area contributed by atoms with Gasteiger partial charge in [-0.25, -0.2) is 9.59 Å². The van der Waals surface area contributed by atoms with Gasteiger partial charge in [0.25, 0.3) is 0 Å². The van der Waals surface area contributed by atoms with Crippen molar-refractivity contribution in [2.75, 3.05) is 18.5 Å². The number of carboxylic acids is 1. The molecule has 1 aromatic carbocycles. The van der Waals surface area contributed by atoms with Crippen molar-refractivity contribution < 1.29 is 19.4 Å². The molecule has 9 heteroatoms. The van der Waals surface area contributed by atoms with Gasteiger partial charge in [0.05, 0.1) is 12.3 Å². The number of hydrogen-bond acceptors (Lipinski definition) is 3. The lowest BCUT2D eigenvalue weighted by Crippen LogP contribution is -2.56. The molecule has 0 aromatic heterocycles. The first-order valence-corrected chi connectivity index (χ1v) is 8.27. The van der Waals surface area contributed by atoms with Crippen LogP contribution >= 0.6 is 47.8 Å². The van der Waals surface area contributed by atoms with Gasteiger partial charge in [0.1, 0.15) is 0 Å². The molecule has 1 heterocycles. The molecule has 1 aromatic rings. The molecule has 2 rings (SSSR count). The molecular formula is C12H11Br3N2O4. The summed E-state index contributed by atoms with van der Waals surface area (Å²) in [6.07, 6.45) is 0.235. The Labute approximate surface area is 146 Å². The van der Waals surface area contributed by atoms with Gasteiger partial charge in [0.2, 0.25) is 0 Å². The second-order valence-corrected chi connectivity index (χ2v) is 7.14. The molecule has 1 saturated heterocycles. The average molecular weight is 487 g/mol. The van der Waals surface area contributed by atoms with Crippen LogP contribution in [0, 0.1) is 0 Å². The molecule has 0 saturated carbocycles. The molecule has 2 amide bonds. The first kappa shape index (κ1) is 16.7. The van der Waals surface area contributed by atoms with Crippen LogP contribution in [0.2, 0.25) is 0 Å². The van der Waals surface area contributed by atoms with Crippen molar-refractivity contribution in [3.8, 4) is 0 Å². The molecule has 1 atom stereocenters. The van der Waals surface area contributed by atoms with Crippen LogP contribution in [0.3, 0.4) is 0 Å². The maximum absolute atomic E-state index is 12.1. The Kier molecular flexibility index (Phi) is 5.29. The van der Waals surface area contributed by atoms with E-state index in [4.69, 9.17) is 4.74 Å².